The van der Waals surface area contributed by atoms with Crippen LogP contribution >= 0.6 is 0 Å². The smallest absolute Gasteiger partial charge is 0.418 e. The monoisotopic (exact) mass is 310 g/mol. The Morgan fingerprint density at radius 2 is 1.86 bits per heavy atom. The molecule has 0 spiro atoms. The predicted octanol–water partition coefficient (Wildman–Crippen LogP) is 2.21. The lowest BCUT2D eigenvalue weighted by Crippen LogP contribution is -2.74. The van der Waals surface area contributed by atoms with Crippen molar-refractivity contribution in [2.24, 2.45) is 4.99 Å². The third-order valence-electron chi connectivity index (χ3n) is 2.79. The van der Waals surface area contributed by atoms with Crippen LogP contribution in [0.1, 0.15) is 26.7 Å². The molecule has 9 heteroatoms. The van der Waals surface area contributed by atoms with Crippen LogP contribution in [0.2, 0.25) is 0 Å². The van der Waals surface area contributed by atoms with Gasteiger partial charge in [0.2, 0.25) is 0 Å². The number of nitrogens with zero attached hydrogens (tertiary/aromatic N) is 3. The van der Waals surface area contributed by atoms with Crippen molar-refractivity contribution in [2.75, 3.05) is 13.6 Å². The highest BCUT2D eigenvalue weighted by Crippen LogP contribution is 2.13. The summed E-state index contributed by atoms with van der Waals surface area (Å²) in [5, 5.41) is 1.89. The van der Waals surface area contributed by atoms with Crippen LogP contribution in [0, 0.1) is 0 Å². The molecule has 2 rings (SSSR count). The highest BCUT2D eigenvalue weighted by molar-refractivity contribution is 6.50. The molecule has 2 heterocycles. The normalized spacial score (nSPS) is 19.3. The van der Waals surface area contributed by atoms with E-state index in [0.717, 1.165) is 0 Å². The minimum Gasteiger partial charge on any atom is -0.418 e. The Morgan fingerprint density at radius 1 is 1.24 bits per heavy atom. The van der Waals surface area contributed by atoms with Crippen LogP contribution in [0.15, 0.2) is 29.8 Å². The standard InChI is InChI=1S/C9H18N2.C3H4N2.BF4/c1-4-5-6-11-8-7-10(3)9(11)2;1-2-5-3-4-1;2-1(3,4)5/h7-9H,4-6H2,1-3H3;1-3H,(H,4,5);/q;;-1/p+1. The van der Waals surface area contributed by atoms with Gasteiger partial charge in [0.1, 0.15) is 6.20 Å². The van der Waals surface area contributed by atoms with Gasteiger partial charge < -0.3 is 27.1 Å². The fraction of sp³-hybridized carbons (Fsp3) is 0.583. The summed E-state index contributed by atoms with van der Waals surface area (Å²) < 4.78 is 39.0. The van der Waals surface area contributed by atoms with E-state index in [9.17, 15) is 17.3 Å². The summed E-state index contributed by atoms with van der Waals surface area (Å²) in [6, 6.07) is 0. The average molecular weight is 310 g/mol. The van der Waals surface area contributed by atoms with Gasteiger partial charge in [-0.2, -0.15) is 0 Å². The van der Waals surface area contributed by atoms with E-state index in [4.69, 9.17) is 0 Å². The van der Waals surface area contributed by atoms with Crippen molar-refractivity contribution < 1.29 is 22.6 Å². The zero-order valence-electron chi connectivity index (χ0n) is 12.6. The highest BCUT2D eigenvalue weighted by atomic mass is 19.5. The Balaban J connectivity index is 0.000000332. The summed E-state index contributed by atoms with van der Waals surface area (Å²) in [6.45, 7) is 5.66. The second-order valence-electron chi connectivity index (χ2n) is 4.51. The van der Waals surface area contributed by atoms with Gasteiger partial charge >= 0.3 is 7.25 Å². The predicted molar refractivity (Wildman–Crippen MR) is 77.7 cm³/mol. The average Bonchev–Trinajstić information content (AvgIpc) is 3.02. The fourth-order valence-corrected chi connectivity index (χ4v) is 1.52. The molecule has 21 heavy (non-hydrogen) atoms. The Labute approximate surface area is 123 Å². The first kappa shape index (κ1) is 19.5. The summed E-state index contributed by atoms with van der Waals surface area (Å²) in [6.07, 6.45) is 12.8. The molecule has 0 aliphatic carbocycles. The molecule has 0 radical (unpaired) electrons. The Morgan fingerprint density at radius 3 is 2.14 bits per heavy atom. The summed E-state index contributed by atoms with van der Waals surface area (Å²) in [5.74, 6) is 0. The summed E-state index contributed by atoms with van der Waals surface area (Å²) in [5.41, 5.74) is 0. The molecule has 1 atom stereocenters. The van der Waals surface area contributed by atoms with Crippen molar-refractivity contribution in [3.8, 4) is 0 Å². The van der Waals surface area contributed by atoms with Crippen LogP contribution in [0.25, 0.3) is 0 Å². The van der Waals surface area contributed by atoms with E-state index in [-0.39, 0.29) is 0 Å². The first-order valence-electron chi connectivity index (χ1n) is 6.80. The molecule has 0 bridgehead atoms. The van der Waals surface area contributed by atoms with Gasteiger partial charge in [-0.15, -0.1) is 0 Å². The Bertz CT molecular complexity index is 342. The fourth-order valence-electron chi connectivity index (χ4n) is 1.52. The van der Waals surface area contributed by atoms with Crippen LogP contribution in [-0.4, -0.2) is 43.2 Å². The minimum atomic E-state index is -6.00. The molecule has 0 saturated carbocycles. The maximum atomic E-state index is 9.75. The minimum absolute atomic E-state index is 0.557. The van der Waals surface area contributed by atoms with E-state index < -0.39 is 7.25 Å². The van der Waals surface area contributed by atoms with Gasteiger partial charge in [-0.25, -0.2) is 4.99 Å². The first-order chi connectivity index (χ1) is 9.75. The maximum Gasteiger partial charge on any atom is 0.673 e. The van der Waals surface area contributed by atoms with E-state index in [2.05, 4.69) is 48.1 Å². The van der Waals surface area contributed by atoms with Crippen LogP contribution in [-0.2, 0) is 0 Å². The lowest BCUT2D eigenvalue weighted by Gasteiger charge is -2.26. The van der Waals surface area contributed by atoms with E-state index in [1.54, 1.807) is 12.5 Å². The molecule has 0 aromatic rings. The second-order valence-corrected chi connectivity index (χ2v) is 4.51. The molecule has 2 aliphatic rings. The number of hydrogen-bond acceptors (Lipinski definition) is 3. The van der Waals surface area contributed by atoms with Gasteiger partial charge in [-0.1, -0.05) is 13.3 Å². The third kappa shape index (κ3) is 12.0. The third-order valence-corrected chi connectivity index (χ3v) is 2.79. The van der Waals surface area contributed by atoms with Crippen molar-refractivity contribution in [1.29, 1.82) is 0 Å². The van der Waals surface area contributed by atoms with Gasteiger partial charge in [-0.05, 0) is 13.3 Å². The van der Waals surface area contributed by atoms with E-state index in [0.29, 0.717) is 6.17 Å². The molecule has 0 fully saturated rings. The largest absolute Gasteiger partial charge is 0.673 e. The number of halogens is 4. The molecular weight excluding hydrogens is 287 g/mol. The number of unbranched alkanes of at least 4 members (excludes halogenated alkanes) is 1. The van der Waals surface area contributed by atoms with Crippen molar-refractivity contribution in [3.63, 3.8) is 0 Å². The number of quaternary nitrogens is 1. The zero-order chi connectivity index (χ0) is 16.3. The van der Waals surface area contributed by atoms with E-state index in [1.165, 1.54) is 19.4 Å². The van der Waals surface area contributed by atoms with Crippen molar-refractivity contribution in [1.82, 2.24) is 9.80 Å². The second kappa shape index (κ2) is 10.3. The molecule has 0 saturated heterocycles. The first-order valence-corrected chi connectivity index (χ1v) is 6.80. The van der Waals surface area contributed by atoms with E-state index in [1.807, 2.05) is 11.5 Å². The lowest BCUT2D eigenvalue weighted by molar-refractivity contribution is -0.447. The molecule has 4 nitrogen and oxygen atoms in total. The maximum absolute atomic E-state index is 9.75. The van der Waals surface area contributed by atoms with Gasteiger partial charge in [0, 0.05) is 26.0 Å². The molecule has 122 valence electrons. The van der Waals surface area contributed by atoms with Gasteiger partial charge in [0.25, 0.3) is 0 Å². The number of rotatable bonds is 3. The van der Waals surface area contributed by atoms with Gasteiger partial charge in [-0.3, -0.25) is 5.32 Å². The molecule has 0 aromatic carbocycles. The molecule has 2 aliphatic heterocycles. The summed E-state index contributed by atoms with van der Waals surface area (Å²) in [7, 11) is -3.88. The summed E-state index contributed by atoms with van der Waals surface area (Å²) in [4.78, 5) is 8.33. The van der Waals surface area contributed by atoms with Crippen molar-refractivity contribution in [3.05, 3.63) is 24.8 Å². The van der Waals surface area contributed by atoms with Crippen LogP contribution in [0.4, 0.5) is 17.3 Å². The quantitative estimate of drug-likeness (QED) is 0.641. The summed E-state index contributed by atoms with van der Waals surface area (Å²) >= 11 is 0. The van der Waals surface area contributed by atoms with Crippen LogP contribution < -0.4 is 5.32 Å². The van der Waals surface area contributed by atoms with Crippen LogP contribution in [0.5, 0.6) is 0 Å². The number of aliphatic imine (C=N–C) groups is 1. The highest BCUT2D eigenvalue weighted by Gasteiger charge is 2.20. The number of nitrogens with two attached hydrogens (primary N) is 1. The molecule has 0 aromatic heterocycles. The Hall–Kier alpha value is -1.51. The zero-order valence-corrected chi connectivity index (χ0v) is 12.6. The van der Waals surface area contributed by atoms with Gasteiger partial charge in [0.15, 0.2) is 6.34 Å². The number of hydrogen-bond donors (Lipinski definition) is 1. The molecule has 1 unspecified atom stereocenters. The van der Waals surface area contributed by atoms with Gasteiger partial charge in [0.05, 0.1) is 12.4 Å². The Kier molecular flexibility index (Phi) is 9.52. The topological polar surface area (TPSA) is 35.5 Å². The van der Waals surface area contributed by atoms with E-state index >= 15 is 0 Å². The molecule has 0 amide bonds. The molecular formula is C12H23BF4N4. The van der Waals surface area contributed by atoms with Crippen molar-refractivity contribution >= 4 is 13.6 Å². The lowest BCUT2D eigenvalue weighted by atomic mass is 10.3. The van der Waals surface area contributed by atoms with Crippen LogP contribution in [0.3, 0.4) is 0 Å². The van der Waals surface area contributed by atoms with Crippen molar-refractivity contribution in [2.45, 2.75) is 32.9 Å². The SMILES string of the molecule is C1=C[NH2+]C=N1.CCCCN1C=CN(C)C1C.F[B-](F)(F)F. The molecule has 2 N–H and O–H groups in total.